The summed E-state index contributed by atoms with van der Waals surface area (Å²) in [6, 6.07) is -0.942. The first-order valence-electron chi connectivity index (χ1n) is 5.35. The van der Waals surface area contributed by atoms with Gasteiger partial charge in [-0.05, 0) is 12.8 Å². The number of nitrogens with one attached hydrogen (secondary N) is 2. The zero-order chi connectivity index (χ0) is 14.1. The largest absolute Gasteiger partial charge is 0.478 e. The van der Waals surface area contributed by atoms with Gasteiger partial charge in [0.1, 0.15) is 0 Å². The molecule has 3 N–H and O–H groups in total. The smallest absolute Gasteiger partial charge is 0.332 e. The molecule has 1 aliphatic rings. The summed E-state index contributed by atoms with van der Waals surface area (Å²) < 4.78 is 0. The maximum Gasteiger partial charge on any atom is 0.332 e. The van der Waals surface area contributed by atoms with Gasteiger partial charge in [-0.25, -0.2) is 9.59 Å². The van der Waals surface area contributed by atoms with Crippen LogP contribution in [0.5, 0.6) is 0 Å². The Bertz CT molecular complexity index is 444. The van der Waals surface area contributed by atoms with Crippen LogP contribution < -0.4 is 10.6 Å². The van der Waals surface area contributed by atoms with Crippen molar-refractivity contribution in [2.45, 2.75) is 20.8 Å². The van der Waals surface area contributed by atoms with E-state index in [1.165, 1.54) is 13.0 Å². The molecule has 0 aliphatic carbocycles. The van der Waals surface area contributed by atoms with Crippen molar-refractivity contribution in [3.8, 4) is 0 Å². The second-order valence-electron chi connectivity index (χ2n) is 4.21. The van der Waals surface area contributed by atoms with Crippen LogP contribution in [0.15, 0.2) is 11.6 Å². The molecule has 1 aliphatic heterocycles. The fourth-order valence-corrected chi connectivity index (χ4v) is 2.14. The number of aliphatic carboxylic acids is 1. The number of rotatable bonds is 3. The van der Waals surface area contributed by atoms with Gasteiger partial charge >= 0.3 is 12.0 Å². The number of barbiturate groups is 1. The van der Waals surface area contributed by atoms with Crippen LogP contribution in [0.4, 0.5) is 4.79 Å². The Morgan fingerprint density at radius 1 is 1.22 bits per heavy atom. The van der Waals surface area contributed by atoms with Crippen molar-refractivity contribution in [2.75, 3.05) is 0 Å². The lowest BCUT2D eigenvalue weighted by atomic mass is 9.68. The number of hydrogen-bond donors (Lipinski definition) is 3. The highest BCUT2D eigenvalue weighted by atomic mass is 16.4. The number of carboxylic acid groups (broad SMARTS) is 1. The number of hydrogen-bond acceptors (Lipinski definition) is 4. The van der Waals surface area contributed by atoms with Crippen LogP contribution in [-0.2, 0) is 14.4 Å². The maximum absolute atomic E-state index is 12.0. The topological polar surface area (TPSA) is 113 Å². The third-order valence-corrected chi connectivity index (χ3v) is 2.98. The van der Waals surface area contributed by atoms with Crippen molar-refractivity contribution in [3.63, 3.8) is 0 Å². The average Bonchev–Trinajstić information content (AvgIpc) is 2.21. The molecule has 1 heterocycles. The van der Waals surface area contributed by atoms with Crippen molar-refractivity contribution in [3.05, 3.63) is 11.6 Å². The zero-order valence-electron chi connectivity index (χ0n) is 10.2. The van der Waals surface area contributed by atoms with Crippen LogP contribution in [0.1, 0.15) is 20.8 Å². The molecule has 0 bridgehead atoms. The molecule has 1 saturated heterocycles. The number of amides is 4. The molecular formula is C11H14N2O5. The van der Waals surface area contributed by atoms with Crippen LogP contribution in [0.25, 0.3) is 0 Å². The lowest BCUT2D eigenvalue weighted by Gasteiger charge is -2.37. The van der Waals surface area contributed by atoms with Crippen molar-refractivity contribution in [1.82, 2.24) is 10.6 Å². The van der Waals surface area contributed by atoms with Gasteiger partial charge in [-0.2, -0.15) is 0 Å². The molecular weight excluding hydrogens is 240 g/mol. The highest BCUT2D eigenvalue weighted by Gasteiger charge is 2.57. The minimum atomic E-state index is -1.89. The third kappa shape index (κ3) is 1.77. The molecule has 1 fully saturated rings. The van der Waals surface area contributed by atoms with E-state index in [0.717, 1.165) is 0 Å². The summed E-state index contributed by atoms with van der Waals surface area (Å²) in [6.45, 7) is 4.51. The lowest BCUT2D eigenvalue weighted by Crippen LogP contribution is -2.65. The quantitative estimate of drug-likeness (QED) is 0.485. The highest BCUT2D eigenvalue weighted by molar-refractivity contribution is 6.24. The molecule has 0 radical (unpaired) electrons. The normalized spacial score (nSPS) is 19.6. The predicted octanol–water partition coefficient (Wildman–Crippen LogP) is 0.0257. The highest BCUT2D eigenvalue weighted by Crippen LogP contribution is 2.38. The number of carbonyl (C=O) groups is 4. The predicted molar refractivity (Wildman–Crippen MR) is 60.3 cm³/mol. The molecule has 98 valence electrons. The standard InChI is InChI=1S/C11H14N2O5/c1-4-6(7(14)15)11(5(2)3)8(16)12-10(18)13-9(11)17/h4-5H,1-3H3,(H,14,15)(H2,12,13,16,17,18). The van der Waals surface area contributed by atoms with E-state index in [0.29, 0.717) is 0 Å². The molecule has 0 atom stereocenters. The van der Waals surface area contributed by atoms with E-state index in [4.69, 9.17) is 5.11 Å². The van der Waals surface area contributed by atoms with E-state index in [9.17, 15) is 19.2 Å². The van der Waals surface area contributed by atoms with E-state index < -0.39 is 35.1 Å². The summed E-state index contributed by atoms with van der Waals surface area (Å²) in [5.41, 5.74) is -2.24. The van der Waals surface area contributed by atoms with Crippen molar-refractivity contribution in [2.24, 2.45) is 11.3 Å². The van der Waals surface area contributed by atoms with E-state index in [2.05, 4.69) is 0 Å². The Kier molecular flexibility index (Phi) is 3.54. The number of allylic oxidation sites excluding steroid dienone is 1. The number of imide groups is 2. The fourth-order valence-electron chi connectivity index (χ4n) is 2.14. The van der Waals surface area contributed by atoms with E-state index in [-0.39, 0.29) is 5.57 Å². The molecule has 18 heavy (non-hydrogen) atoms. The van der Waals surface area contributed by atoms with Gasteiger partial charge in [0.05, 0.1) is 5.57 Å². The van der Waals surface area contributed by atoms with Crippen LogP contribution in [0.3, 0.4) is 0 Å². The van der Waals surface area contributed by atoms with Crippen molar-refractivity contribution in [1.29, 1.82) is 0 Å². The summed E-state index contributed by atoms with van der Waals surface area (Å²) in [4.78, 5) is 46.2. The molecule has 0 saturated carbocycles. The first kappa shape index (κ1) is 13.9. The van der Waals surface area contributed by atoms with Gasteiger partial charge < -0.3 is 5.11 Å². The van der Waals surface area contributed by atoms with Gasteiger partial charge in [0.15, 0.2) is 5.41 Å². The molecule has 1 rings (SSSR count). The molecule has 7 nitrogen and oxygen atoms in total. The molecule has 4 amide bonds. The minimum absolute atomic E-state index is 0.347. The van der Waals surface area contributed by atoms with Gasteiger partial charge in [0.25, 0.3) is 0 Å². The molecule has 0 aromatic carbocycles. The summed E-state index contributed by atoms with van der Waals surface area (Å²) in [6.07, 6.45) is 1.19. The van der Waals surface area contributed by atoms with Crippen molar-refractivity contribution >= 4 is 23.8 Å². The summed E-state index contributed by atoms with van der Waals surface area (Å²) in [7, 11) is 0. The number of urea groups is 1. The fraction of sp³-hybridized carbons (Fsp3) is 0.455. The Labute approximate surface area is 103 Å². The van der Waals surface area contributed by atoms with Gasteiger partial charge in [-0.1, -0.05) is 19.9 Å². The van der Waals surface area contributed by atoms with E-state index in [1.807, 2.05) is 10.6 Å². The average molecular weight is 254 g/mol. The van der Waals surface area contributed by atoms with E-state index >= 15 is 0 Å². The molecule has 7 heteroatoms. The number of carbonyl (C=O) groups excluding carboxylic acids is 3. The zero-order valence-corrected chi connectivity index (χ0v) is 10.2. The van der Waals surface area contributed by atoms with Crippen molar-refractivity contribution < 1.29 is 24.3 Å². The van der Waals surface area contributed by atoms with Crippen LogP contribution in [0, 0.1) is 11.3 Å². The van der Waals surface area contributed by atoms with Crippen LogP contribution in [0.2, 0.25) is 0 Å². The second kappa shape index (κ2) is 4.59. The Balaban J connectivity index is 3.48. The molecule has 0 aromatic rings. The summed E-state index contributed by atoms with van der Waals surface area (Å²) in [5, 5.41) is 13.0. The summed E-state index contributed by atoms with van der Waals surface area (Å²) in [5.74, 6) is -3.82. The maximum atomic E-state index is 12.0. The molecule has 0 unspecified atom stereocenters. The Morgan fingerprint density at radius 3 is 1.94 bits per heavy atom. The van der Waals surface area contributed by atoms with Crippen LogP contribution in [-0.4, -0.2) is 28.9 Å². The van der Waals surface area contributed by atoms with Gasteiger partial charge in [-0.15, -0.1) is 0 Å². The van der Waals surface area contributed by atoms with Gasteiger partial charge in [0.2, 0.25) is 11.8 Å². The minimum Gasteiger partial charge on any atom is -0.478 e. The Hall–Kier alpha value is -2.18. The molecule has 0 spiro atoms. The van der Waals surface area contributed by atoms with Gasteiger partial charge in [-0.3, -0.25) is 20.2 Å². The SMILES string of the molecule is CC=C(C(=O)O)C1(C(C)C)C(=O)NC(=O)NC1=O. The first-order chi connectivity index (χ1) is 8.28. The lowest BCUT2D eigenvalue weighted by molar-refractivity contribution is -0.149. The Morgan fingerprint density at radius 2 is 1.67 bits per heavy atom. The summed E-state index contributed by atoms with van der Waals surface area (Å²) >= 11 is 0. The monoisotopic (exact) mass is 254 g/mol. The van der Waals surface area contributed by atoms with Crippen LogP contribution >= 0.6 is 0 Å². The van der Waals surface area contributed by atoms with E-state index in [1.54, 1.807) is 13.8 Å². The third-order valence-electron chi connectivity index (χ3n) is 2.98. The number of carboxylic acids is 1. The second-order valence-corrected chi connectivity index (χ2v) is 4.21. The first-order valence-corrected chi connectivity index (χ1v) is 5.35. The molecule has 0 aromatic heterocycles. The van der Waals surface area contributed by atoms with Gasteiger partial charge in [0, 0.05) is 0 Å².